The van der Waals surface area contributed by atoms with Gasteiger partial charge in [-0.1, -0.05) is 11.3 Å². The largest absolute Gasteiger partial charge is 0.382 e. The average molecular weight is 389 g/mol. The lowest BCUT2D eigenvalue weighted by atomic mass is 10.1. The van der Waals surface area contributed by atoms with E-state index in [9.17, 15) is 4.79 Å². The number of aromatic nitrogens is 1. The highest BCUT2D eigenvalue weighted by molar-refractivity contribution is 9.10. The second-order valence-electron chi connectivity index (χ2n) is 5.48. The Kier molecular flexibility index (Phi) is 4.90. The van der Waals surface area contributed by atoms with E-state index in [4.69, 9.17) is 5.73 Å². The molecule has 5 nitrogen and oxygen atoms in total. The molecule has 0 atom stereocenters. The summed E-state index contributed by atoms with van der Waals surface area (Å²) >= 11 is 6.29. The van der Waals surface area contributed by atoms with Crippen LogP contribution in [0.4, 0.5) is 10.9 Å². The van der Waals surface area contributed by atoms with Crippen LogP contribution in [0, 0.1) is 0 Å². The Labute approximate surface area is 140 Å². The van der Waals surface area contributed by atoms with Crippen LogP contribution in [0.5, 0.6) is 0 Å². The van der Waals surface area contributed by atoms with Crippen LogP contribution in [0.3, 0.4) is 0 Å². The zero-order chi connectivity index (χ0) is 15.6. The molecular weight excluding hydrogens is 372 g/mol. The molecule has 0 spiro atoms. The van der Waals surface area contributed by atoms with Crippen LogP contribution in [0.1, 0.15) is 35.3 Å². The number of rotatable bonds is 4. The van der Waals surface area contributed by atoms with Crippen molar-refractivity contribution in [2.75, 3.05) is 11.1 Å². The highest BCUT2D eigenvalue weighted by Gasteiger charge is 2.19. The summed E-state index contributed by atoms with van der Waals surface area (Å²) in [6.07, 6.45) is 0. The maximum atomic E-state index is 12.2. The number of thiophene rings is 1. The third-order valence-corrected chi connectivity index (χ3v) is 5.35. The molecule has 2 heterocycles. The molecule has 0 aliphatic heterocycles. The Balaban J connectivity index is 2.04. The van der Waals surface area contributed by atoms with Gasteiger partial charge in [0.15, 0.2) is 5.13 Å². The number of halogens is 1. The smallest absolute Gasteiger partial charge is 0.265 e. The highest BCUT2D eigenvalue weighted by Crippen LogP contribution is 2.27. The van der Waals surface area contributed by atoms with Gasteiger partial charge in [0.05, 0.1) is 6.54 Å². The first-order chi connectivity index (χ1) is 9.76. The molecular formula is C13H17BrN4OS2. The Morgan fingerprint density at radius 1 is 1.48 bits per heavy atom. The van der Waals surface area contributed by atoms with E-state index in [1.165, 1.54) is 11.3 Å². The molecule has 114 valence electrons. The van der Waals surface area contributed by atoms with Gasteiger partial charge in [-0.25, -0.2) is 4.98 Å². The second kappa shape index (κ2) is 6.33. The Hall–Kier alpha value is -1.12. The lowest BCUT2D eigenvalue weighted by Crippen LogP contribution is -2.25. The first-order valence-electron chi connectivity index (χ1n) is 6.31. The fourth-order valence-corrected chi connectivity index (χ4v) is 4.00. The number of carbonyl (C=O) groups excluding carboxylic acids is 1. The third-order valence-electron chi connectivity index (χ3n) is 2.44. The van der Waals surface area contributed by atoms with Crippen LogP contribution in [-0.4, -0.2) is 16.4 Å². The van der Waals surface area contributed by atoms with Crippen LogP contribution in [0.15, 0.2) is 15.9 Å². The number of nitrogens with zero attached hydrogens (tertiary/aromatic N) is 1. The van der Waals surface area contributed by atoms with Crippen molar-refractivity contribution in [2.45, 2.75) is 32.9 Å². The number of hydrogen-bond donors (Lipinski definition) is 3. The van der Waals surface area contributed by atoms with Crippen LogP contribution in [-0.2, 0) is 6.54 Å². The maximum Gasteiger partial charge on any atom is 0.265 e. The standard InChI is InChI=1S/C13H17BrN4OS2/c1-13(2,3)18-12-17-10(15)9(21-12)11(19)16-6-8-7(14)4-5-20-8/h4-5H,6,15H2,1-3H3,(H,16,19)(H,17,18). The maximum absolute atomic E-state index is 12.2. The molecule has 0 aliphatic rings. The van der Waals surface area contributed by atoms with Crippen LogP contribution in [0.2, 0.25) is 0 Å². The SMILES string of the molecule is CC(C)(C)Nc1nc(N)c(C(=O)NCc2sccc2Br)s1. The van der Waals surface area contributed by atoms with Crippen molar-refractivity contribution >= 4 is 55.5 Å². The van der Waals surface area contributed by atoms with E-state index in [2.05, 4.69) is 31.5 Å². The summed E-state index contributed by atoms with van der Waals surface area (Å²) in [5.41, 5.74) is 5.71. The summed E-state index contributed by atoms with van der Waals surface area (Å²) in [5.74, 6) is 0.0572. The van der Waals surface area contributed by atoms with Crippen molar-refractivity contribution in [3.63, 3.8) is 0 Å². The van der Waals surface area contributed by atoms with Gasteiger partial charge in [0.25, 0.3) is 5.91 Å². The lowest BCUT2D eigenvalue weighted by molar-refractivity contribution is 0.0956. The van der Waals surface area contributed by atoms with E-state index in [1.54, 1.807) is 11.3 Å². The van der Waals surface area contributed by atoms with Crippen molar-refractivity contribution in [2.24, 2.45) is 0 Å². The van der Waals surface area contributed by atoms with Gasteiger partial charge < -0.3 is 16.4 Å². The van der Waals surface area contributed by atoms with Crippen LogP contribution in [0.25, 0.3) is 0 Å². The predicted molar refractivity (Wildman–Crippen MR) is 93.1 cm³/mol. The van der Waals surface area contributed by atoms with Crippen molar-refractivity contribution in [1.29, 1.82) is 0 Å². The lowest BCUT2D eigenvalue weighted by Gasteiger charge is -2.19. The molecule has 2 aromatic rings. The van der Waals surface area contributed by atoms with Crippen molar-refractivity contribution in [3.05, 3.63) is 25.7 Å². The van der Waals surface area contributed by atoms with Gasteiger partial charge in [-0.05, 0) is 48.1 Å². The van der Waals surface area contributed by atoms with Crippen LogP contribution >= 0.6 is 38.6 Å². The van der Waals surface area contributed by atoms with Gasteiger partial charge in [-0.3, -0.25) is 4.79 Å². The molecule has 0 saturated carbocycles. The Morgan fingerprint density at radius 2 is 2.19 bits per heavy atom. The molecule has 0 aliphatic carbocycles. The first kappa shape index (κ1) is 16.3. The number of thiazole rings is 1. The number of carbonyl (C=O) groups is 1. The van der Waals surface area contributed by atoms with E-state index in [1.807, 2.05) is 32.2 Å². The van der Waals surface area contributed by atoms with Gasteiger partial charge in [0, 0.05) is 14.9 Å². The molecule has 2 rings (SSSR count). The van der Waals surface area contributed by atoms with Crippen molar-refractivity contribution in [3.8, 4) is 0 Å². The zero-order valence-electron chi connectivity index (χ0n) is 12.0. The van der Waals surface area contributed by atoms with Crippen LogP contribution < -0.4 is 16.4 Å². The summed E-state index contributed by atoms with van der Waals surface area (Å²) < 4.78 is 1.00. The topological polar surface area (TPSA) is 80.0 Å². The molecule has 0 unspecified atom stereocenters. The molecule has 0 saturated heterocycles. The van der Waals surface area contributed by atoms with E-state index in [0.29, 0.717) is 16.6 Å². The van der Waals surface area contributed by atoms with E-state index < -0.39 is 0 Å². The molecule has 1 amide bonds. The molecule has 0 fully saturated rings. The number of amides is 1. The average Bonchev–Trinajstić information content (AvgIpc) is 2.91. The molecule has 21 heavy (non-hydrogen) atoms. The van der Waals surface area contributed by atoms with E-state index in [0.717, 1.165) is 9.35 Å². The van der Waals surface area contributed by atoms with E-state index >= 15 is 0 Å². The molecule has 0 radical (unpaired) electrons. The molecule has 8 heteroatoms. The minimum Gasteiger partial charge on any atom is -0.382 e. The molecule has 0 bridgehead atoms. The third kappa shape index (κ3) is 4.42. The number of hydrogen-bond acceptors (Lipinski definition) is 6. The summed E-state index contributed by atoms with van der Waals surface area (Å²) in [5, 5.41) is 8.71. The number of nitrogen functional groups attached to an aromatic ring is 1. The zero-order valence-corrected chi connectivity index (χ0v) is 15.2. The minimum absolute atomic E-state index is 0.125. The van der Waals surface area contributed by atoms with Crippen molar-refractivity contribution in [1.82, 2.24) is 10.3 Å². The van der Waals surface area contributed by atoms with Gasteiger partial charge in [0.1, 0.15) is 10.7 Å². The van der Waals surface area contributed by atoms with Gasteiger partial charge in [-0.2, -0.15) is 0 Å². The minimum atomic E-state index is -0.202. The fraction of sp³-hybridized carbons (Fsp3) is 0.385. The summed E-state index contributed by atoms with van der Waals surface area (Å²) in [4.78, 5) is 17.9. The van der Waals surface area contributed by atoms with E-state index in [-0.39, 0.29) is 17.3 Å². The summed E-state index contributed by atoms with van der Waals surface area (Å²) in [6, 6.07) is 1.96. The quantitative estimate of drug-likeness (QED) is 0.745. The predicted octanol–water partition coefficient (Wildman–Crippen LogP) is 3.69. The number of nitrogens with two attached hydrogens (primary N) is 1. The van der Waals surface area contributed by atoms with Gasteiger partial charge in [0.2, 0.25) is 0 Å². The molecule has 0 aromatic carbocycles. The Bertz CT molecular complexity index is 645. The molecule has 2 aromatic heterocycles. The Morgan fingerprint density at radius 3 is 2.76 bits per heavy atom. The van der Waals surface area contributed by atoms with Gasteiger partial charge in [-0.15, -0.1) is 11.3 Å². The first-order valence-corrected chi connectivity index (χ1v) is 8.80. The van der Waals surface area contributed by atoms with Gasteiger partial charge >= 0.3 is 0 Å². The normalized spacial score (nSPS) is 11.4. The second-order valence-corrected chi connectivity index (χ2v) is 8.34. The fourth-order valence-electron chi connectivity index (χ4n) is 1.56. The number of anilines is 2. The van der Waals surface area contributed by atoms with Crippen molar-refractivity contribution < 1.29 is 4.79 Å². The molecule has 4 N–H and O–H groups in total. The monoisotopic (exact) mass is 388 g/mol. The summed E-state index contributed by atoms with van der Waals surface area (Å²) in [7, 11) is 0. The number of nitrogens with one attached hydrogen (secondary N) is 2. The highest BCUT2D eigenvalue weighted by atomic mass is 79.9. The summed E-state index contributed by atoms with van der Waals surface area (Å²) in [6.45, 7) is 6.55.